The first kappa shape index (κ1) is 27.8. The topological polar surface area (TPSA) is 120 Å². The van der Waals surface area contributed by atoms with Crippen molar-refractivity contribution in [1.29, 1.82) is 0 Å². The normalized spacial score (nSPS) is 19.1. The average molecular weight is 549 g/mol. The van der Waals surface area contributed by atoms with Crippen LogP contribution in [0.4, 0.5) is 0 Å². The molecule has 3 heterocycles. The number of benzene rings is 2. The first-order valence-electron chi connectivity index (χ1n) is 13.7. The molecule has 40 heavy (non-hydrogen) atoms. The van der Waals surface area contributed by atoms with E-state index in [2.05, 4.69) is 16.1 Å². The number of rotatable bonds is 7. The molecule has 212 valence electrons. The van der Waals surface area contributed by atoms with Crippen LogP contribution in [-0.2, 0) is 38.7 Å². The number of ether oxygens (including phenoxy) is 2. The Kier molecular flexibility index (Phi) is 8.20. The van der Waals surface area contributed by atoms with E-state index >= 15 is 0 Å². The second kappa shape index (κ2) is 11.8. The zero-order valence-electron chi connectivity index (χ0n) is 23.1. The van der Waals surface area contributed by atoms with E-state index in [1.807, 2.05) is 49.7 Å². The van der Waals surface area contributed by atoms with Crippen LogP contribution in [-0.4, -0.2) is 46.9 Å². The van der Waals surface area contributed by atoms with Gasteiger partial charge in [0.15, 0.2) is 6.29 Å². The summed E-state index contributed by atoms with van der Waals surface area (Å²) in [6, 6.07) is 12.1. The summed E-state index contributed by atoms with van der Waals surface area (Å²) in [5, 5.41) is 7.10. The van der Waals surface area contributed by atoms with Gasteiger partial charge in [-0.1, -0.05) is 18.2 Å². The molecular formula is C30H36N4O6. The SMILES string of the molecule is CC(C)(C)OC(=O)C1Cn2ccc3c(C(=O)NCc4ccc(C(=O)NOC5CCCCO5)cc4)ccc(c32)CN1. The number of hydroxylamine groups is 1. The van der Waals surface area contributed by atoms with Crippen molar-refractivity contribution in [3.8, 4) is 0 Å². The molecule has 3 N–H and O–H groups in total. The molecule has 1 saturated heterocycles. The molecule has 0 aliphatic carbocycles. The summed E-state index contributed by atoms with van der Waals surface area (Å²) in [6.07, 6.45) is 4.26. The number of amides is 2. The van der Waals surface area contributed by atoms with Crippen molar-refractivity contribution in [2.24, 2.45) is 0 Å². The molecule has 2 aromatic carbocycles. The molecule has 10 nitrogen and oxygen atoms in total. The molecule has 10 heteroatoms. The first-order valence-corrected chi connectivity index (χ1v) is 13.7. The second-order valence-electron chi connectivity index (χ2n) is 11.2. The Hall–Kier alpha value is -3.73. The molecule has 2 unspecified atom stereocenters. The molecule has 1 aromatic heterocycles. The lowest BCUT2D eigenvalue weighted by molar-refractivity contribution is -0.186. The first-order chi connectivity index (χ1) is 19.2. The third-order valence-electron chi connectivity index (χ3n) is 6.95. The van der Waals surface area contributed by atoms with Gasteiger partial charge in [-0.25, -0.2) is 10.3 Å². The number of carbonyl (C=O) groups excluding carboxylic acids is 3. The third-order valence-corrected chi connectivity index (χ3v) is 6.95. The van der Waals surface area contributed by atoms with Crippen LogP contribution >= 0.6 is 0 Å². The summed E-state index contributed by atoms with van der Waals surface area (Å²) < 4.78 is 13.0. The lowest BCUT2D eigenvalue weighted by Gasteiger charge is -2.24. The van der Waals surface area contributed by atoms with Gasteiger partial charge in [-0.3, -0.25) is 19.7 Å². The predicted molar refractivity (Wildman–Crippen MR) is 148 cm³/mol. The van der Waals surface area contributed by atoms with Crippen LogP contribution < -0.4 is 16.1 Å². The van der Waals surface area contributed by atoms with E-state index in [0.29, 0.717) is 37.4 Å². The summed E-state index contributed by atoms with van der Waals surface area (Å²) in [5.74, 6) is -0.847. The van der Waals surface area contributed by atoms with E-state index in [-0.39, 0.29) is 17.8 Å². The monoisotopic (exact) mass is 548 g/mol. The number of nitrogens with one attached hydrogen (secondary N) is 3. The van der Waals surface area contributed by atoms with E-state index in [1.54, 1.807) is 24.3 Å². The number of hydrogen-bond donors (Lipinski definition) is 3. The van der Waals surface area contributed by atoms with Crippen molar-refractivity contribution in [3.63, 3.8) is 0 Å². The summed E-state index contributed by atoms with van der Waals surface area (Å²) >= 11 is 0. The van der Waals surface area contributed by atoms with Gasteiger partial charge in [0.05, 0.1) is 5.52 Å². The Labute approximate surface area is 233 Å². The number of carbonyl (C=O) groups is 3. The van der Waals surface area contributed by atoms with Gasteiger partial charge in [-0.2, -0.15) is 0 Å². The van der Waals surface area contributed by atoms with Gasteiger partial charge in [-0.15, -0.1) is 0 Å². The summed E-state index contributed by atoms with van der Waals surface area (Å²) in [4.78, 5) is 43.6. The van der Waals surface area contributed by atoms with Gasteiger partial charge in [0.2, 0.25) is 0 Å². The molecule has 2 amide bonds. The lowest BCUT2D eigenvalue weighted by Crippen LogP contribution is -2.42. The smallest absolute Gasteiger partial charge is 0.325 e. The minimum absolute atomic E-state index is 0.201. The van der Waals surface area contributed by atoms with Crippen molar-refractivity contribution in [3.05, 3.63) is 70.9 Å². The third kappa shape index (κ3) is 6.52. The van der Waals surface area contributed by atoms with Crippen LogP contribution in [0.15, 0.2) is 48.7 Å². The Morgan fingerprint density at radius 3 is 2.58 bits per heavy atom. The number of nitrogens with zero attached hydrogens (tertiary/aromatic N) is 1. The van der Waals surface area contributed by atoms with Crippen LogP contribution in [0.1, 0.15) is 71.9 Å². The minimum atomic E-state index is -0.569. The quantitative estimate of drug-likeness (QED) is 0.305. The highest BCUT2D eigenvalue weighted by atomic mass is 16.8. The highest BCUT2D eigenvalue weighted by molar-refractivity contribution is 6.07. The highest BCUT2D eigenvalue weighted by Crippen LogP contribution is 2.27. The van der Waals surface area contributed by atoms with Crippen molar-refractivity contribution in [2.45, 2.75) is 77.6 Å². The Balaban J connectivity index is 1.20. The second-order valence-corrected chi connectivity index (χ2v) is 11.2. The van der Waals surface area contributed by atoms with Gasteiger partial charge in [0.25, 0.3) is 11.8 Å². The molecule has 5 rings (SSSR count). The zero-order valence-corrected chi connectivity index (χ0v) is 23.1. The van der Waals surface area contributed by atoms with Crippen molar-refractivity contribution in [1.82, 2.24) is 20.7 Å². The fourth-order valence-electron chi connectivity index (χ4n) is 4.95. The maximum absolute atomic E-state index is 13.2. The van der Waals surface area contributed by atoms with Gasteiger partial charge < -0.3 is 19.4 Å². The van der Waals surface area contributed by atoms with E-state index in [0.717, 1.165) is 41.3 Å². The Morgan fingerprint density at radius 2 is 1.85 bits per heavy atom. The highest BCUT2D eigenvalue weighted by Gasteiger charge is 2.29. The fraction of sp³-hybridized carbons (Fsp3) is 0.433. The van der Waals surface area contributed by atoms with Crippen LogP contribution in [0.2, 0.25) is 0 Å². The maximum atomic E-state index is 13.2. The van der Waals surface area contributed by atoms with Crippen LogP contribution in [0.25, 0.3) is 10.9 Å². The van der Waals surface area contributed by atoms with E-state index in [9.17, 15) is 14.4 Å². The zero-order chi connectivity index (χ0) is 28.3. The molecule has 2 atom stereocenters. The van der Waals surface area contributed by atoms with E-state index in [1.165, 1.54) is 0 Å². The van der Waals surface area contributed by atoms with Gasteiger partial charge in [-0.05, 0) is 69.0 Å². The van der Waals surface area contributed by atoms with Gasteiger partial charge in [0.1, 0.15) is 11.6 Å². The summed E-state index contributed by atoms with van der Waals surface area (Å²) in [7, 11) is 0. The van der Waals surface area contributed by atoms with E-state index < -0.39 is 17.9 Å². The Morgan fingerprint density at radius 1 is 1.05 bits per heavy atom. The average Bonchev–Trinajstić information content (AvgIpc) is 3.26. The molecule has 2 aliphatic heterocycles. The number of esters is 1. The molecule has 0 saturated carbocycles. The van der Waals surface area contributed by atoms with Crippen molar-refractivity contribution >= 4 is 28.7 Å². The number of aromatic nitrogens is 1. The van der Waals surface area contributed by atoms with Crippen molar-refractivity contribution < 1.29 is 28.7 Å². The van der Waals surface area contributed by atoms with Crippen LogP contribution in [0.5, 0.6) is 0 Å². The summed E-state index contributed by atoms with van der Waals surface area (Å²) in [5.41, 5.74) is 5.69. The predicted octanol–water partition coefficient (Wildman–Crippen LogP) is 3.57. The molecular weight excluding hydrogens is 512 g/mol. The van der Waals surface area contributed by atoms with E-state index in [4.69, 9.17) is 14.3 Å². The minimum Gasteiger partial charge on any atom is -0.459 e. The Bertz CT molecular complexity index is 1390. The lowest BCUT2D eigenvalue weighted by atomic mass is 10.0. The van der Waals surface area contributed by atoms with Gasteiger partial charge in [0, 0.05) is 55.4 Å². The molecule has 1 fully saturated rings. The molecule has 3 aromatic rings. The van der Waals surface area contributed by atoms with Crippen LogP contribution in [0, 0.1) is 0 Å². The maximum Gasteiger partial charge on any atom is 0.325 e. The van der Waals surface area contributed by atoms with Gasteiger partial charge >= 0.3 is 5.97 Å². The molecule has 2 aliphatic rings. The van der Waals surface area contributed by atoms with Crippen molar-refractivity contribution in [2.75, 3.05) is 6.61 Å². The molecule has 0 radical (unpaired) electrons. The molecule has 0 bridgehead atoms. The standard InChI is InChI=1S/C30H36N4O6/c1-30(2,3)39-29(37)24-18-34-14-13-22-23(12-11-21(17-31-24)26(22)34)28(36)32-16-19-7-9-20(10-8-19)27(35)33-40-25-6-4-5-15-38-25/h7-14,24-25,31H,4-6,15-18H2,1-3H3,(H,32,36)(H,33,35). The summed E-state index contributed by atoms with van der Waals surface area (Å²) in [6.45, 7) is 7.39. The largest absolute Gasteiger partial charge is 0.459 e. The molecule has 0 spiro atoms. The fourth-order valence-corrected chi connectivity index (χ4v) is 4.95. The number of hydrogen-bond acceptors (Lipinski definition) is 7. The van der Waals surface area contributed by atoms with Crippen LogP contribution in [0.3, 0.4) is 0 Å².